The van der Waals surface area contributed by atoms with Crippen molar-refractivity contribution >= 4 is 16.9 Å². The number of nitrogens with zero attached hydrogens (tertiary/aromatic N) is 1. The maximum absolute atomic E-state index is 11.7. The number of carbonyl (C=O) groups excluding carboxylic acids is 1. The van der Waals surface area contributed by atoms with Crippen LogP contribution in [0.3, 0.4) is 0 Å². The topological polar surface area (TPSA) is 66.0 Å². The highest BCUT2D eigenvalue weighted by Crippen LogP contribution is 2.18. The lowest BCUT2D eigenvalue weighted by Gasteiger charge is -1.99. The monoisotopic (exact) mass is 228 g/mol. The Morgan fingerprint density at radius 3 is 3.00 bits per heavy atom. The highest BCUT2D eigenvalue weighted by molar-refractivity contribution is 5.95. The maximum atomic E-state index is 11.7. The number of hydrogen-bond acceptors (Lipinski definition) is 3. The number of para-hydroxylation sites is 1. The van der Waals surface area contributed by atoms with Gasteiger partial charge in [0.1, 0.15) is 5.58 Å². The molecular formula is C13H12N2O2. The van der Waals surface area contributed by atoms with Crippen LogP contribution in [0.25, 0.3) is 11.0 Å². The number of carbonyl (C=O) groups is 1. The number of amides is 1. The molecule has 0 spiro atoms. The van der Waals surface area contributed by atoms with Crippen LogP contribution in [0.1, 0.15) is 23.4 Å². The Labute approximate surface area is 98.8 Å². The average Bonchev–Trinajstić information content (AvgIpc) is 2.78. The first-order chi connectivity index (χ1) is 8.31. The molecule has 0 aliphatic rings. The Hall–Kier alpha value is -2.28. The summed E-state index contributed by atoms with van der Waals surface area (Å²) in [5.74, 6) is 0.0716. The van der Waals surface area contributed by atoms with Gasteiger partial charge in [0.15, 0.2) is 5.76 Å². The molecule has 4 nitrogen and oxygen atoms in total. The SMILES string of the molecule is N#CCCCNC(=O)c1cc2ccccc2o1. The van der Waals surface area contributed by atoms with E-state index in [0.29, 0.717) is 30.7 Å². The smallest absolute Gasteiger partial charge is 0.287 e. The molecule has 0 aliphatic heterocycles. The molecule has 2 rings (SSSR count). The van der Waals surface area contributed by atoms with E-state index in [0.717, 1.165) is 5.39 Å². The van der Waals surface area contributed by atoms with E-state index in [2.05, 4.69) is 5.32 Å². The summed E-state index contributed by atoms with van der Waals surface area (Å²) in [6.07, 6.45) is 1.10. The lowest BCUT2D eigenvalue weighted by atomic mass is 10.2. The fraction of sp³-hybridized carbons (Fsp3) is 0.231. The molecule has 0 atom stereocenters. The minimum absolute atomic E-state index is 0.237. The van der Waals surface area contributed by atoms with E-state index in [1.165, 1.54) is 0 Å². The molecule has 0 unspecified atom stereocenters. The first kappa shape index (κ1) is 11.2. The van der Waals surface area contributed by atoms with Crippen molar-refractivity contribution in [1.29, 1.82) is 5.26 Å². The molecule has 4 heteroatoms. The summed E-state index contributed by atoms with van der Waals surface area (Å²) in [6.45, 7) is 0.490. The first-order valence-corrected chi connectivity index (χ1v) is 5.45. The van der Waals surface area contributed by atoms with Gasteiger partial charge in [-0.15, -0.1) is 0 Å². The summed E-state index contributed by atoms with van der Waals surface area (Å²) in [4.78, 5) is 11.7. The molecule has 2 aromatic rings. The van der Waals surface area contributed by atoms with Crippen molar-refractivity contribution in [3.05, 3.63) is 36.1 Å². The third kappa shape index (κ3) is 2.64. The molecule has 17 heavy (non-hydrogen) atoms. The Morgan fingerprint density at radius 1 is 1.41 bits per heavy atom. The zero-order valence-electron chi connectivity index (χ0n) is 9.27. The largest absolute Gasteiger partial charge is 0.451 e. The van der Waals surface area contributed by atoms with Crippen molar-refractivity contribution < 1.29 is 9.21 Å². The van der Waals surface area contributed by atoms with Crippen molar-refractivity contribution in [3.63, 3.8) is 0 Å². The summed E-state index contributed by atoms with van der Waals surface area (Å²) in [5, 5.41) is 12.0. The molecule has 0 saturated heterocycles. The maximum Gasteiger partial charge on any atom is 0.287 e. The van der Waals surface area contributed by atoms with Gasteiger partial charge in [0.2, 0.25) is 0 Å². The summed E-state index contributed by atoms with van der Waals surface area (Å²) in [6, 6.07) is 11.2. The second-order valence-electron chi connectivity index (χ2n) is 3.67. The van der Waals surface area contributed by atoms with Gasteiger partial charge in [0, 0.05) is 18.4 Å². The van der Waals surface area contributed by atoms with E-state index in [1.54, 1.807) is 6.07 Å². The fourth-order valence-electron chi connectivity index (χ4n) is 1.55. The van der Waals surface area contributed by atoms with E-state index in [1.807, 2.05) is 30.3 Å². The van der Waals surface area contributed by atoms with Gasteiger partial charge in [0.05, 0.1) is 6.07 Å². The van der Waals surface area contributed by atoms with E-state index < -0.39 is 0 Å². The van der Waals surface area contributed by atoms with Gasteiger partial charge in [-0.1, -0.05) is 18.2 Å². The minimum atomic E-state index is -0.237. The van der Waals surface area contributed by atoms with Crippen molar-refractivity contribution in [2.75, 3.05) is 6.54 Å². The van der Waals surface area contributed by atoms with Crippen molar-refractivity contribution in [2.45, 2.75) is 12.8 Å². The molecular weight excluding hydrogens is 216 g/mol. The molecule has 1 N–H and O–H groups in total. The first-order valence-electron chi connectivity index (χ1n) is 5.45. The average molecular weight is 228 g/mol. The van der Waals surface area contributed by atoms with Crippen molar-refractivity contribution in [1.82, 2.24) is 5.32 Å². The molecule has 0 bridgehead atoms. The van der Waals surface area contributed by atoms with E-state index in [-0.39, 0.29) is 5.91 Å². The van der Waals surface area contributed by atoms with E-state index in [4.69, 9.17) is 9.68 Å². The van der Waals surface area contributed by atoms with Crippen molar-refractivity contribution in [2.24, 2.45) is 0 Å². The second kappa shape index (κ2) is 5.17. The number of unbranched alkanes of at least 4 members (excludes halogenated alkanes) is 1. The third-order valence-electron chi connectivity index (χ3n) is 2.40. The number of rotatable bonds is 4. The second-order valence-corrected chi connectivity index (χ2v) is 3.67. The number of hydrogen-bond donors (Lipinski definition) is 1. The normalized spacial score (nSPS) is 10.1. The Bertz CT molecular complexity index is 533. The van der Waals surface area contributed by atoms with Crippen LogP contribution in [0.15, 0.2) is 34.7 Å². The molecule has 1 heterocycles. The van der Waals surface area contributed by atoms with Gasteiger partial charge in [-0.25, -0.2) is 0 Å². The fourth-order valence-corrected chi connectivity index (χ4v) is 1.55. The highest BCUT2D eigenvalue weighted by Gasteiger charge is 2.10. The molecule has 0 fully saturated rings. The number of furan rings is 1. The van der Waals surface area contributed by atoms with Crippen LogP contribution in [0.4, 0.5) is 0 Å². The number of benzene rings is 1. The molecule has 0 radical (unpaired) electrons. The van der Waals surface area contributed by atoms with E-state index >= 15 is 0 Å². The molecule has 0 aliphatic carbocycles. The summed E-state index contributed by atoms with van der Waals surface area (Å²) in [7, 11) is 0. The van der Waals surface area contributed by atoms with Crippen LogP contribution < -0.4 is 5.32 Å². The van der Waals surface area contributed by atoms with Crippen LogP contribution in [-0.4, -0.2) is 12.5 Å². The molecule has 0 saturated carbocycles. The lowest BCUT2D eigenvalue weighted by molar-refractivity contribution is 0.0928. The van der Waals surface area contributed by atoms with Crippen LogP contribution in [0.5, 0.6) is 0 Å². The van der Waals surface area contributed by atoms with Gasteiger partial charge in [0.25, 0.3) is 5.91 Å². The van der Waals surface area contributed by atoms with Gasteiger partial charge >= 0.3 is 0 Å². The summed E-state index contributed by atoms with van der Waals surface area (Å²) in [5.41, 5.74) is 0.703. The Balaban J connectivity index is 2.02. The zero-order valence-corrected chi connectivity index (χ0v) is 9.27. The molecule has 1 aromatic carbocycles. The zero-order chi connectivity index (χ0) is 12.1. The molecule has 86 valence electrons. The van der Waals surface area contributed by atoms with Crippen LogP contribution in [-0.2, 0) is 0 Å². The number of nitriles is 1. The number of nitrogens with one attached hydrogen (secondary N) is 1. The Kier molecular flexibility index (Phi) is 3.41. The van der Waals surface area contributed by atoms with Gasteiger partial charge < -0.3 is 9.73 Å². The van der Waals surface area contributed by atoms with E-state index in [9.17, 15) is 4.79 Å². The third-order valence-corrected chi connectivity index (χ3v) is 2.40. The Morgan fingerprint density at radius 2 is 2.24 bits per heavy atom. The molecule has 1 amide bonds. The van der Waals surface area contributed by atoms with Crippen LogP contribution >= 0.6 is 0 Å². The summed E-state index contributed by atoms with van der Waals surface area (Å²) < 4.78 is 5.41. The molecule has 1 aromatic heterocycles. The van der Waals surface area contributed by atoms with Crippen LogP contribution in [0.2, 0.25) is 0 Å². The number of fused-ring (bicyclic) bond motifs is 1. The standard InChI is InChI=1S/C13H12N2O2/c14-7-3-4-8-15-13(16)12-9-10-5-1-2-6-11(10)17-12/h1-2,5-6,9H,3-4,8H2,(H,15,16). The highest BCUT2D eigenvalue weighted by atomic mass is 16.3. The lowest BCUT2D eigenvalue weighted by Crippen LogP contribution is -2.23. The predicted octanol–water partition coefficient (Wildman–Crippen LogP) is 2.47. The van der Waals surface area contributed by atoms with Crippen LogP contribution in [0, 0.1) is 11.3 Å². The van der Waals surface area contributed by atoms with Crippen molar-refractivity contribution in [3.8, 4) is 6.07 Å². The van der Waals surface area contributed by atoms with Gasteiger partial charge in [-0.2, -0.15) is 5.26 Å². The van der Waals surface area contributed by atoms with Gasteiger partial charge in [-0.3, -0.25) is 4.79 Å². The quantitative estimate of drug-likeness (QED) is 0.817. The summed E-state index contributed by atoms with van der Waals surface area (Å²) >= 11 is 0. The predicted molar refractivity (Wildman–Crippen MR) is 63.4 cm³/mol. The van der Waals surface area contributed by atoms with Gasteiger partial charge in [-0.05, 0) is 18.6 Å². The minimum Gasteiger partial charge on any atom is -0.451 e.